The highest BCUT2D eigenvalue weighted by atomic mass is 16.2. The second kappa shape index (κ2) is 9.13. The molecule has 2 aromatic heterocycles. The molecule has 1 aliphatic heterocycles. The molecule has 0 saturated carbocycles. The number of hydrogen-bond donors (Lipinski definition) is 0. The van der Waals surface area contributed by atoms with Crippen molar-refractivity contribution < 1.29 is 4.79 Å². The van der Waals surface area contributed by atoms with Crippen molar-refractivity contribution >= 4 is 5.91 Å². The van der Waals surface area contributed by atoms with E-state index in [4.69, 9.17) is 0 Å². The Morgan fingerprint density at radius 2 is 1.77 bits per heavy atom. The van der Waals surface area contributed by atoms with Crippen LogP contribution in [0, 0.1) is 13.8 Å². The molecular weight excluding hydrogens is 374 g/mol. The highest BCUT2D eigenvalue weighted by molar-refractivity contribution is 5.93. The maximum absolute atomic E-state index is 12.8. The molecule has 30 heavy (non-hydrogen) atoms. The van der Waals surface area contributed by atoms with Gasteiger partial charge in [0, 0.05) is 68.1 Å². The van der Waals surface area contributed by atoms with Gasteiger partial charge in [0.05, 0.1) is 5.56 Å². The first-order valence-corrected chi connectivity index (χ1v) is 10.4. The molecule has 0 radical (unpaired) electrons. The molecule has 3 heterocycles. The Bertz CT molecular complexity index is 1000. The Morgan fingerprint density at radius 3 is 2.50 bits per heavy atom. The Labute approximate surface area is 177 Å². The summed E-state index contributed by atoms with van der Waals surface area (Å²) in [6, 6.07) is 12.0. The first-order valence-electron chi connectivity index (χ1n) is 10.4. The van der Waals surface area contributed by atoms with Crippen LogP contribution in [0.25, 0.3) is 11.4 Å². The normalized spacial score (nSPS) is 15.1. The molecule has 0 bridgehead atoms. The number of aromatic nitrogens is 3. The average molecular weight is 402 g/mol. The lowest BCUT2D eigenvalue weighted by molar-refractivity contribution is 0.0760. The molecule has 0 aliphatic carbocycles. The van der Waals surface area contributed by atoms with E-state index in [9.17, 15) is 4.79 Å². The number of nitrogens with zero attached hydrogens (tertiary/aromatic N) is 5. The molecule has 1 saturated heterocycles. The van der Waals surface area contributed by atoms with E-state index in [-0.39, 0.29) is 5.91 Å². The zero-order valence-corrected chi connectivity index (χ0v) is 17.6. The smallest absolute Gasteiger partial charge is 0.255 e. The van der Waals surface area contributed by atoms with Crippen molar-refractivity contribution in [2.24, 2.45) is 0 Å². The van der Waals surface area contributed by atoms with E-state index in [1.54, 1.807) is 6.20 Å². The Hall–Kier alpha value is -3.12. The predicted molar refractivity (Wildman–Crippen MR) is 117 cm³/mol. The van der Waals surface area contributed by atoms with Crippen LogP contribution in [0.3, 0.4) is 0 Å². The number of carbonyl (C=O) groups excluding carboxylic acids is 1. The molecule has 6 nitrogen and oxygen atoms in total. The minimum absolute atomic E-state index is 0.0650. The van der Waals surface area contributed by atoms with Crippen LogP contribution in [-0.2, 0) is 6.54 Å². The summed E-state index contributed by atoms with van der Waals surface area (Å²) in [5.74, 6) is 0.817. The number of aryl methyl sites for hydroxylation is 2. The van der Waals surface area contributed by atoms with Crippen LogP contribution in [0.15, 0.2) is 55.0 Å². The standard InChI is InChI=1S/C24H27N5O/c1-18-5-3-6-21(13-18)23-26-14-20(15-27-23)17-28-9-4-10-29(12-11-28)24(30)22-8-7-19(2)25-16-22/h3,5-8,13-16H,4,9-12,17H2,1-2H3. The van der Waals surface area contributed by atoms with Crippen LogP contribution >= 0.6 is 0 Å². The van der Waals surface area contributed by atoms with Gasteiger partial charge in [-0.05, 0) is 38.5 Å². The zero-order chi connectivity index (χ0) is 20.9. The first-order chi connectivity index (χ1) is 14.6. The monoisotopic (exact) mass is 401 g/mol. The molecule has 4 rings (SSSR count). The van der Waals surface area contributed by atoms with Crippen molar-refractivity contribution in [2.75, 3.05) is 26.2 Å². The van der Waals surface area contributed by atoms with E-state index < -0.39 is 0 Å². The molecule has 0 atom stereocenters. The minimum atomic E-state index is 0.0650. The van der Waals surface area contributed by atoms with E-state index in [1.165, 1.54) is 5.56 Å². The molecule has 0 spiro atoms. The van der Waals surface area contributed by atoms with Gasteiger partial charge in [-0.25, -0.2) is 9.97 Å². The van der Waals surface area contributed by atoms with Crippen LogP contribution in [0.2, 0.25) is 0 Å². The van der Waals surface area contributed by atoms with Gasteiger partial charge < -0.3 is 4.90 Å². The fourth-order valence-electron chi connectivity index (χ4n) is 3.74. The molecule has 154 valence electrons. The van der Waals surface area contributed by atoms with E-state index in [2.05, 4.69) is 38.9 Å². The minimum Gasteiger partial charge on any atom is -0.337 e. The molecule has 3 aromatic rings. The van der Waals surface area contributed by atoms with Crippen molar-refractivity contribution in [3.8, 4) is 11.4 Å². The lowest BCUT2D eigenvalue weighted by atomic mass is 10.1. The maximum Gasteiger partial charge on any atom is 0.255 e. The van der Waals surface area contributed by atoms with E-state index in [0.717, 1.165) is 61.8 Å². The third-order valence-corrected chi connectivity index (χ3v) is 5.42. The van der Waals surface area contributed by atoms with Gasteiger partial charge in [-0.3, -0.25) is 14.7 Å². The summed E-state index contributed by atoms with van der Waals surface area (Å²) in [5.41, 5.74) is 4.91. The second-order valence-corrected chi connectivity index (χ2v) is 7.89. The lowest BCUT2D eigenvalue weighted by Crippen LogP contribution is -2.35. The van der Waals surface area contributed by atoms with Gasteiger partial charge >= 0.3 is 0 Å². The van der Waals surface area contributed by atoms with Gasteiger partial charge in [0.2, 0.25) is 0 Å². The fourth-order valence-corrected chi connectivity index (χ4v) is 3.74. The van der Waals surface area contributed by atoms with Crippen molar-refractivity contribution in [1.82, 2.24) is 24.8 Å². The molecule has 0 unspecified atom stereocenters. The van der Waals surface area contributed by atoms with Gasteiger partial charge in [-0.1, -0.05) is 23.8 Å². The SMILES string of the molecule is Cc1cccc(-c2ncc(CN3CCCN(C(=O)c4ccc(C)nc4)CC3)cn2)c1. The summed E-state index contributed by atoms with van der Waals surface area (Å²) < 4.78 is 0. The average Bonchev–Trinajstić information content (AvgIpc) is 3.00. The summed E-state index contributed by atoms with van der Waals surface area (Å²) in [4.78, 5) is 30.4. The quantitative estimate of drug-likeness (QED) is 0.670. The van der Waals surface area contributed by atoms with Gasteiger partial charge in [0.1, 0.15) is 0 Å². The van der Waals surface area contributed by atoms with Gasteiger partial charge in [-0.2, -0.15) is 0 Å². The number of amides is 1. The third kappa shape index (κ3) is 4.89. The summed E-state index contributed by atoms with van der Waals surface area (Å²) >= 11 is 0. The maximum atomic E-state index is 12.8. The summed E-state index contributed by atoms with van der Waals surface area (Å²) in [7, 11) is 0. The largest absolute Gasteiger partial charge is 0.337 e. The number of hydrogen-bond acceptors (Lipinski definition) is 5. The van der Waals surface area contributed by atoms with Gasteiger partial charge in [0.25, 0.3) is 5.91 Å². The summed E-state index contributed by atoms with van der Waals surface area (Å²) in [5, 5.41) is 0. The van der Waals surface area contributed by atoms with Crippen LogP contribution < -0.4 is 0 Å². The lowest BCUT2D eigenvalue weighted by Gasteiger charge is -2.22. The number of pyridine rings is 1. The first kappa shape index (κ1) is 20.2. The van der Waals surface area contributed by atoms with E-state index in [1.807, 2.05) is 48.5 Å². The third-order valence-electron chi connectivity index (χ3n) is 5.42. The molecular formula is C24H27N5O. The van der Waals surface area contributed by atoms with E-state index >= 15 is 0 Å². The topological polar surface area (TPSA) is 62.2 Å². The van der Waals surface area contributed by atoms with Crippen LogP contribution in [-0.4, -0.2) is 56.8 Å². The Balaban J connectivity index is 1.36. The number of carbonyl (C=O) groups is 1. The summed E-state index contributed by atoms with van der Waals surface area (Å²) in [6.45, 7) is 8.07. The number of rotatable bonds is 4. The van der Waals surface area contributed by atoms with Crippen molar-refractivity contribution in [3.63, 3.8) is 0 Å². The van der Waals surface area contributed by atoms with Crippen molar-refractivity contribution in [1.29, 1.82) is 0 Å². The Morgan fingerprint density at radius 1 is 0.933 bits per heavy atom. The predicted octanol–water partition coefficient (Wildman–Crippen LogP) is 3.50. The van der Waals surface area contributed by atoms with Crippen LogP contribution in [0.5, 0.6) is 0 Å². The van der Waals surface area contributed by atoms with E-state index in [0.29, 0.717) is 5.56 Å². The zero-order valence-electron chi connectivity index (χ0n) is 17.6. The molecule has 1 aromatic carbocycles. The second-order valence-electron chi connectivity index (χ2n) is 7.89. The molecule has 1 amide bonds. The van der Waals surface area contributed by atoms with Crippen LogP contribution in [0.4, 0.5) is 0 Å². The molecule has 0 N–H and O–H groups in total. The molecule has 6 heteroatoms. The van der Waals surface area contributed by atoms with Crippen molar-refractivity contribution in [2.45, 2.75) is 26.8 Å². The van der Waals surface area contributed by atoms with Crippen LogP contribution in [0.1, 0.15) is 33.6 Å². The summed E-state index contributed by atoms with van der Waals surface area (Å²) in [6.07, 6.45) is 6.45. The highest BCUT2D eigenvalue weighted by Crippen LogP contribution is 2.17. The number of benzene rings is 1. The Kier molecular flexibility index (Phi) is 6.14. The molecule has 1 aliphatic rings. The van der Waals surface area contributed by atoms with Gasteiger partial charge in [-0.15, -0.1) is 0 Å². The molecule has 1 fully saturated rings. The highest BCUT2D eigenvalue weighted by Gasteiger charge is 2.20. The van der Waals surface area contributed by atoms with Gasteiger partial charge in [0.15, 0.2) is 5.82 Å². The van der Waals surface area contributed by atoms with Crippen molar-refractivity contribution in [3.05, 3.63) is 77.4 Å². The fraction of sp³-hybridized carbons (Fsp3) is 0.333.